The van der Waals surface area contributed by atoms with E-state index in [9.17, 15) is 4.39 Å². The lowest BCUT2D eigenvalue weighted by Crippen LogP contribution is -2.31. The zero-order valence-corrected chi connectivity index (χ0v) is 15.6. The number of benzene rings is 2. The molecule has 0 N–H and O–H groups in total. The van der Waals surface area contributed by atoms with Crippen LogP contribution in [-0.2, 0) is 13.5 Å². The highest BCUT2D eigenvalue weighted by molar-refractivity contribution is 6.10. The molecule has 0 unspecified atom stereocenters. The zero-order valence-electron chi connectivity index (χ0n) is 15.6. The standard InChI is InChI=1S/C23H23FNO/c1-14(2)11-16-9-10-25(4)19(13-16)21-15(3)12-18(24)22-17-7-5-6-8-20(17)26-23(21)22/h5-10,12-14H,11H2,1-4H3/q+1. The highest BCUT2D eigenvalue weighted by Crippen LogP contribution is 2.38. The van der Waals surface area contributed by atoms with E-state index in [2.05, 4.69) is 36.7 Å². The number of aromatic nitrogens is 1. The van der Waals surface area contributed by atoms with E-state index in [0.717, 1.165) is 28.6 Å². The first-order chi connectivity index (χ1) is 12.5. The number of aryl methyl sites for hydroxylation is 2. The Morgan fingerprint density at radius 3 is 2.65 bits per heavy atom. The molecular weight excluding hydrogens is 325 g/mol. The number of rotatable bonds is 3. The molecule has 2 heterocycles. The van der Waals surface area contributed by atoms with Crippen LogP contribution in [0.15, 0.2) is 53.1 Å². The molecule has 0 aliphatic heterocycles. The maximum atomic E-state index is 14.8. The normalized spacial score (nSPS) is 11.8. The van der Waals surface area contributed by atoms with Crippen molar-refractivity contribution in [3.63, 3.8) is 0 Å². The second-order valence-corrected chi connectivity index (χ2v) is 7.48. The first-order valence-electron chi connectivity index (χ1n) is 9.05. The molecule has 26 heavy (non-hydrogen) atoms. The van der Waals surface area contributed by atoms with E-state index >= 15 is 0 Å². The second-order valence-electron chi connectivity index (χ2n) is 7.48. The van der Waals surface area contributed by atoms with Crippen LogP contribution < -0.4 is 4.57 Å². The van der Waals surface area contributed by atoms with Crippen molar-refractivity contribution in [2.75, 3.05) is 0 Å². The third kappa shape index (κ3) is 2.68. The van der Waals surface area contributed by atoms with Gasteiger partial charge in [0.2, 0.25) is 5.69 Å². The molecule has 2 nitrogen and oxygen atoms in total. The summed E-state index contributed by atoms with van der Waals surface area (Å²) in [4.78, 5) is 0. The minimum Gasteiger partial charge on any atom is -0.455 e. The molecular formula is C23H23FNO+. The Kier molecular flexibility index (Phi) is 4.03. The summed E-state index contributed by atoms with van der Waals surface area (Å²) < 4.78 is 23.0. The maximum absolute atomic E-state index is 14.8. The van der Waals surface area contributed by atoms with Gasteiger partial charge in [0.15, 0.2) is 11.8 Å². The van der Waals surface area contributed by atoms with Gasteiger partial charge in [-0.1, -0.05) is 32.0 Å². The zero-order chi connectivity index (χ0) is 18.4. The topological polar surface area (TPSA) is 17.0 Å². The molecule has 132 valence electrons. The number of para-hydroxylation sites is 1. The number of furan rings is 1. The van der Waals surface area contributed by atoms with Gasteiger partial charge in [-0.2, -0.15) is 0 Å². The molecule has 2 aromatic heterocycles. The van der Waals surface area contributed by atoms with E-state index in [0.29, 0.717) is 22.5 Å². The summed E-state index contributed by atoms with van der Waals surface area (Å²) in [7, 11) is 2.02. The molecule has 4 rings (SSSR count). The van der Waals surface area contributed by atoms with Crippen molar-refractivity contribution >= 4 is 21.9 Å². The third-order valence-corrected chi connectivity index (χ3v) is 4.91. The van der Waals surface area contributed by atoms with Crippen molar-refractivity contribution < 1.29 is 13.4 Å². The predicted octanol–water partition coefficient (Wildman–Crippen LogP) is 5.72. The van der Waals surface area contributed by atoms with Gasteiger partial charge in [0.05, 0.1) is 10.9 Å². The van der Waals surface area contributed by atoms with Crippen LogP contribution in [0.2, 0.25) is 0 Å². The fourth-order valence-corrected chi connectivity index (χ4v) is 3.75. The Morgan fingerprint density at radius 2 is 1.88 bits per heavy atom. The molecule has 2 aromatic carbocycles. The van der Waals surface area contributed by atoms with Gasteiger partial charge in [-0.05, 0) is 42.5 Å². The number of hydrogen-bond acceptors (Lipinski definition) is 1. The molecule has 0 amide bonds. The average Bonchev–Trinajstić information content (AvgIpc) is 2.96. The summed E-state index contributed by atoms with van der Waals surface area (Å²) in [6.07, 6.45) is 3.09. The van der Waals surface area contributed by atoms with Gasteiger partial charge < -0.3 is 4.42 Å². The lowest BCUT2D eigenvalue weighted by Gasteiger charge is -2.09. The Bertz CT molecular complexity index is 1120. The lowest BCUT2D eigenvalue weighted by molar-refractivity contribution is -0.660. The summed E-state index contributed by atoms with van der Waals surface area (Å²) in [5.41, 5.74) is 5.51. The SMILES string of the molecule is Cc1cc(F)c2c(oc3ccccc32)c1-c1cc(CC(C)C)cc[n+]1C. The van der Waals surface area contributed by atoms with Crippen LogP contribution in [0.1, 0.15) is 25.0 Å². The fraction of sp³-hybridized carbons (Fsp3) is 0.261. The Labute approximate surface area is 152 Å². The van der Waals surface area contributed by atoms with Gasteiger partial charge in [-0.15, -0.1) is 0 Å². The Morgan fingerprint density at radius 1 is 1.12 bits per heavy atom. The Hall–Kier alpha value is -2.68. The van der Waals surface area contributed by atoms with Crippen molar-refractivity contribution in [1.29, 1.82) is 0 Å². The predicted molar refractivity (Wildman–Crippen MR) is 104 cm³/mol. The molecule has 0 saturated carbocycles. The van der Waals surface area contributed by atoms with Crippen molar-refractivity contribution in [2.45, 2.75) is 27.2 Å². The van der Waals surface area contributed by atoms with Gasteiger partial charge >= 0.3 is 0 Å². The Balaban J connectivity index is 2.06. The smallest absolute Gasteiger partial charge is 0.216 e. The number of halogens is 1. The molecule has 3 heteroatoms. The van der Waals surface area contributed by atoms with Crippen LogP contribution in [-0.4, -0.2) is 0 Å². The molecule has 0 bridgehead atoms. The maximum Gasteiger partial charge on any atom is 0.216 e. The van der Waals surface area contributed by atoms with Crippen LogP contribution in [0.3, 0.4) is 0 Å². The van der Waals surface area contributed by atoms with Gasteiger partial charge in [0, 0.05) is 17.5 Å². The first kappa shape index (κ1) is 16.8. The van der Waals surface area contributed by atoms with E-state index in [-0.39, 0.29) is 5.82 Å². The number of hydrogen-bond donors (Lipinski definition) is 0. The number of nitrogens with zero attached hydrogens (tertiary/aromatic N) is 1. The lowest BCUT2D eigenvalue weighted by atomic mass is 9.97. The van der Waals surface area contributed by atoms with Gasteiger partial charge in [-0.3, -0.25) is 0 Å². The number of fused-ring (bicyclic) bond motifs is 3. The van der Waals surface area contributed by atoms with E-state index in [1.54, 1.807) is 6.07 Å². The first-order valence-corrected chi connectivity index (χ1v) is 9.05. The fourth-order valence-electron chi connectivity index (χ4n) is 3.75. The van der Waals surface area contributed by atoms with Gasteiger partial charge in [0.25, 0.3) is 0 Å². The average molecular weight is 348 g/mol. The van der Waals surface area contributed by atoms with Crippen LogP contribution >= 0.6 is 0 Å². The van der Waals surface area contributed by atoms with Crippen molar-refractivity contribution in [1.82, 2.24) is 0 Å². The van der Waals surface area contributed by atoms with Crippen molar-refractivity contribution in [3.05, 3.63) is 65.6 Å². The molecule has 0 spiro atoms. The summed E-state index contributed by atoms with van der Waals surface area (Å²) >= 11 is 0. The van der Waals surface area contributed by atoms with Crippen molar-refractivity contribution in [2.24, 2.45) is 13.0 Å². The van der Waals surface area contributed by atoms with Crippen LogP contribution in [0, 0.1) is 18.7 Å². The summed E-state index contributed by atoms with van der Waals surface area (Å²) in [5.74, 6) is 0.350. The number of pyridine rings is 1. The van der Waals surface area contributed by atoms with Crippen LogP contribution in [0.25, 0.3) is 33.2 Å². The molecule has 0 aliphatic rings. The molecule has 4 aromatic rings. The highest BCUT2D eigenvalue weighted by Gasteiger charge is 2.23. The minimum atomic E-state index is -0.229. The molecule has 0 radical (unpaired) electrons. The van der Waals surface area contributed by atoms with Crippen molar-refractivity contribution in [3.8, 4) is 11.3 Å². The van der Waals surface area contributed by atoms with Gasteiger partial charge in [-0.25, -0.2) is 8.96 Å². The van der Waals surface area contributed by atoms with E-state index in [1.807, 2.05) is 38.2 Å². The largest absolute Gasteiger partial charge is 0.455 e. The second kappa shape index (κ2) is 6.24. The summed E-state index contributed by atoms with van der Waals surface area (Å²) in [6.45, 7) is 6.38. The van der Waals surface area contributed by atoms with Crippen LogP contribution in [0.5, 0.6) is 0 Å². The molecule has 0 aliphatic carbocycles. The monoisotopic (exact) mass is 348 g/mol. The quantitative estimate of drug-likeness (QED) is 0.433. The molecule has 0 atom stereocenters. The minimum absolute atomic E-state index is 0.229. The van der Waals surface area contributed by atoms with E-state index in [1.165, 1.54) is 5.56 Å². The summed E-state index contributed by atoms with van der Waals surface area (Å²) in [6, 6.07) is 13.6. The molecule has 0 saturated heterocycles. The third-order valence-electron chi connectivity index (χ3n) is 4.91. The van der Waals surface area contributed by atoms with E-state index < -0.39 is 0 Å². The van der Waals surface area contributed by atoms with E-state index in [4.69, 9.17) is 4.42 Å². The highest BCUT2D eigenvalue weighted by atomic mass is 19.1. The van der Waals surface area contributed by atoms with Crippen LogP contribution in [0.4, 0.5) is 4.39 Å². The summed E-state index contributed by atoms with van der Waals surface area (Å²) in [5, 5.41) is 1.39. The van der Waals surface area contributed by atoms with Gasteiger partial charge in [0.1, 0.15) is 18.4 Å². The molecule has 0 fully saturated rings.